The van der Waals surface area contributed by atoms with Crippen molar-refractivity contribution in [3.8, 4) is 0 Å². The van der Waals surface area contributed by atoms with Crippen molar-refractivity contribution in [2.45, 2.75) is 12.1 Å². The number of hydrogen-bond donors (Lipinski definition) is 1. The van der Waals surface area contributed by atoms with Crippen LogP contribution in [-0.2, 0) is 4.79 Å². The highest BCUT2D eigenvalue weighted by Gasteiger charge is 2.36. The second kappa shape index (κ2) is 5.43. The highest BCUT2D eigenvalue weighted by Crippen LogP contribution is 2.35. The number of allylic oxidation sites excluding steroid dienone is 2. The lowest BCUT2D eigenvalue weighted by molar-refractivity contribution is -0.129. The Morgan fingerprint density at radius 2 is 2.05 bits per heavy atom. The van der Waals surface area contributed by atoms with E-state index in [1.807, 2.05) is 43.5 Å². The largest absolute Gasteiger partial charge is 0.338 e. The number of benzene rings is 1. The highest BCUT2D eigenvalue weighted by atomic mass is 35.5. The van der Waals surface area contributed by atoms with E-state index in [0.29, 0.717) is 6.54 Å². The molecule has 0 bridgehead atoms. The van der Waals surface area contributed by atoms with Gasteiger partial charge in [0.2, 0.25) is 5.91 Å². The summed E-state index contributed by atoms with van der Waals surface area (Å²) in [6, 6.07) is 10.4. The maximum Gasteiger partial charge on any atom is 0.236 e. The van der Waals surface area contributed by atoms with Gasteiger partial charge in [0, 0.05) is 24.0 Å². The summed E-state index contributed by atoms with van der Waals surface area (Å²) in [5.41, 5.74) is 1.18. The first-order chi connectivity index (χ1) is 9.66. The molecule has 0 unspecified atom stereocenters. The van der Waals surface area contributed by atoms with Gasteiger partial charge in [0.05, 0.1) is 12.6 Å². The molecule has 3 nitrogen and oxygen atoms in total. The number of fused-ring (bicyclic) bond motifs is 1. The molecule has 1 N–H and O–H groups in total. The molecule has 1 aliphatic heterocycles. The second-order valence-electron chi connectivity index (χ2n) is 5.25. The van der Waals surface area contributed by atoms with Crippen molar-refractivity contribution in [1.29, 1.82) is 0 Å². The molecule has 1 amide bonds. The summed E-state index contributed by atoms with van der Waals surface area (Å²) in [5.74, 6) is 0.251. The topological polar surface area (TPSA) is 32.3 Å². The number of nitrogens with zero attached hydrogens (tertiary/aromatic N) is 1. The number of amides is 1. The minimum atomic E-state index is 0.0465. The van der Waals surface area contributed by atoms with E-state index < -0.39 is 0 Å². The van der Waals surface area contributed by atoms with E-state index >= 15 is 0 Å². The number of rotatable bonds is 1. The quantitative estimate of drug-likeness (QED) is 0.861. The first-order valence-corrected chi connectivity index (χ1v) is 7.14. The molecule has 1 heterocycles. The fraction of sp³-hybridized carbons (Fsp3) is 0.312. The number of likely N-dealkylation sites (N-methyl/N-ethyl adjacent to an activating group) is 1. The molecule has 1 fully saturated rings. The molecule has 1 aliphatic carbocycles. The van der Waals surface area contributed by atoms with Crippen LogP contribution < -0.4 is 5.32 Å². The van der Waals surface area contributed by atoms with Crippen molar-refractivity contribution in [3.63, 3.8) is 0 Å². The van der Waals surface area contributed by atoms with Gasteiger partial charge in [0.25, 0.3) is 0 Å². The molecule has 0 saturated carbocycles. The molecule has 4 heteroatoms. The first kappa shape index (κ1) is 13.4. The van der Waals surface area contributed by atoms with E-state index in [9.17, 15) is 4.79 Å². The van der Waals surface area contributed by atoms with Crippen LogP contribution in [0.25, 0.3) is 0 Å². The third-order valence-corrected chi connectivity index (χ3v) is 4.31. The van der Waals surface area contributed by atoms with Crippen molar-refractivity contribution >= 4 is 17.5 Å². The molecular formula is C16H17ClN2O. The van der Waals surface area contributed by atoms with Gasteiger partial charge in [-0.3, -0.25) is 4.79 Å². The number of nitrogens with one attached hydrogen (secondary N) is 1. The molecule has 0 radical (unpaired) electrons. The normalized spacial score (nSPS) is 29.7. The molecule has 0 spiro atoms. The standard InChI is InChI=1S/C16H17ClN2O/c1-19-14-8-7-12(17)9-13(14)16(18-10-15(19)20)11-5-3-2-4-6-11/h2-9,13-14,16,18H,10H2,1H3/t13-,14+,16-/m1/s1. The molecule has 1 saturated heterocycles. The van der Waals surface area contributed by atoms with Crippen molar-refractivity contribution < 1.29 is 4.79 Å². The summed E-state index contributed by atoms with van der Waals surface area (Å²) >= 11 is 6.17. The summed E-state index contributed by atoms with van der Waals surface area (Å²) in [7, 11) is 1.85. The summed E-state index contributed by atoms with van der Waals surface area (Å²) in [4.78, 5) is 13.9. The van der Waals surface area contributed by atoms with E-state index in [4.69, 9.17) is 11.6 Å². The minimum Gasteiger partial charge on any atom is -0.338 e. The maximum atomic E-state index is 12.1. The third-order valence-electron chi connectivity index (χ3n) is 4.06. The van der Waals surface area contributed by atoms with Crippen LogP contribution in [-0.4, -0.2) is 30.4 Å². The van der Waals surface area contributed by atoms with Crippen LogP contribution in [0.3, 0.4) is 0 Å². The van der Waals surface area contributed by atoms with Gasteiger partial charge in [-0.1, -0.05) is 54.1 Å². The Hall–Kier alpha value is -1.58. The van der Waals surface area contributed by atoms with Gasteiger partial charge >= 0.3 is 0 Å². The Morgan fingerprint density at radius 3 is 2.80 bits per heavy atom. The van der Waals surface area contributed by atoms with Crippen molar-refractivity contribution in [1.82, 2.24) is 10.2 Å². The van der Waals surface area contributed by atoms with Gasteiger partial charge in [-0.05, 0) is 11.6 Å². The van der Waals surface area contributed by atoms with Crippen LogP contribution in [0, 0.1) is 5.92 Å². The molecule has 1 aromatic carbocycles. The molecule has 3 atom stereocenters. The lowest BCUT2D eigenvalue weighted by Gasteiger charge is -2.34. The molecular weight excluding hydrogens is 272 g/mol. The van der Waals surface area contributed by atoms with Gasteiger partial charge in [0.1, 0.15) is 0 Å². The predicted molar refractivity (Wildman–Crippen MR) is 80.3 cm³/mol. The zero-order valence-electron chi connectivity index (χ0n) is 11.3. The zero-order chi connectivity index (χ0) is 14.1. The third kappa shape index (κ3) is 2.39. The first-order valence-electron chi connectivity index (χ1n) is 6.76. The molecule has 3 rings (SSSR count). The van der Waals surface area contributed by atoms with Gasteiger partial charge in [-0.25, -0.2) is 0 Å². The SMILES string of the molecule is CN1C(=O)CN[C@H](c2ccccc2)[C@@H]2C=C(Cl)C=C[C@@H]21. The lowest BCUT2D eigenvalue weighted by atomic mass is 9.84. The summed E-state index contributed by atoms with van der Waals surface area (Å²) in [5, 5.41) is 4.10. The van der Waals surface area contributed by atoms with Gasteiger partial charge < -0.3 is 10.2 Å². The van der Waals surface area contributed by atoms with Crippen molar-refractivity contribution in [3.05, 3.63) is 59.2 Å². The Labute approximate surface area is 123 Å². The van der Waals surface area contributed by atoms with Gasteiger partial charge in [-0.15, -0.1) is 0 Å². The van der Waals surface area contributed by atoms with Crippen LogP contribution in [0.15, 0.2) is 53.6 Å². The van der Waals surface area contributed by atoms with Gasteiger partial charge in [0.15, 0.2) is 0 Å². The number of halogens is 1. The van der Waals surface area contributed by atoms with Crippen LogP contribution in [0.4, 0.5) is 0 Å². The van der Waals surface area contributed by atoms with Gasteiger partial charge in [-0.2, -0.15) is 0 Å². The Bertz CT molecular complexity index is 567. The van der Waals surface area contributed by atoms with E-state index in [1.54, 1.807) is 4.90 Å². The summed E-state index contributed by atoms with van der Waals surface area (Å²) in [6.45, 7) is 0.350. The smallest absolute Gasteiger partial charge is 0.236 e. The average Bonchev–Trinajstić information content (AvgIpc) is 2.58. The van der Waals surface area contributed by atoms with E-state index in [2.05, 4.69) is 17.4 Å². The molecule has 104 valence electrons. The molecule has 1 aromatic rings. The Morgan fingerprint density at radius 1 is 1.30 bits per heavy atom. The van der Waals surface area contributed by atoms with Crippen LogP contribution in [0.1, 0.15) is 11.6 Å². The Balaban J connectivity index is 2.01. The van der Waals surface area contributed by atoms with Crippen LogP contribution in [0.5, 0.6) is 0 Å². The number of hydrogen-bond acceptors (Lipinski definition) is 2. The highest BCUT2D eigenvalue weighted by molar-refractivity contribution is 6.31. The monoisotopic (exact) mass is 288 g/mol. The molecule has 0 aromatic heterocycles. The summed E-state index contributed by atoms with van der Waals surface area (Å²) < 4.78 is 0. The fourth-order valence-corrected chi connectivity index (χ4v) is 3.18. The summed E-state index contributed by atoms with van der Waals surface area (Å²) in [6.07, 6.45) is 5.94. The van der Waals surface area contributed by atoms with Crippen LogP contribution in [0.2, 0.25) is 0 Å². The maximum absolute atomic E-state index is 12.1. The molecule has 20 heavy (non-hydrogen) atoms. The predicted octanol–water partition coefficient (Wildman–Crippen LogP) is 2.47. The fourth-order valence-electron chi connectivity index (χ4n) is 2.96. The average molecular weight is 289 g/mol. The zero-order valence-corrected chi connectivity index (χ0v) is 12.0. The lowest BCUT2D eigenvalue weighted by Crippen LogP contribution is -2.40. The Kier molecular flexibility index (Phi) is 3.64. The second-order valence-corrected chi connectivity index (χ2v) is 5.69. The van der Waals surface area contributed by atoms with E-state index in [0.717, 1.165) is 5.03 Å². The van der Waals surface area contributed by atoms with Crippen molar-refractivity contribution in [2.75, 3.05) is 13.6 Å². The van der Waals surface area contributed by atoms with Crippen molar-refractivity contribution in [2.24, 2.45) is 5.92 Å². The molecule has 2 aliphatic rings. The minimum absolute atomic E-state index is 0.0465. The number of carbonyl (C=O) groups excluding carboxylic acids is 1. The number of carbonyl (C=O) groups is 1. The van der Waals surface area contributed by atoms with Crippen LogP contribution >= 0.6 is 11.6 Å². The van der Waals surface area contributed by atoms with E-state index in [1.165, 1.54) is 5.56 Å². The van der Waals surface area contributed by atoms with E-state index in [-0.39, 0.29) is 23.9 Å².